The van der Waals surface area contributed by atoms with Crippen molar-refractivity contribution in [3.05, 3.63) is 24.3 Å². The summed E-state index contributed by atoms with van der Waals surface area (Å²) in [5, 5.41) is 11.8. The summed E-state index contributed by atoms with van der Waals surface area (Å²) < 4.78 is 0.385. The molecule has 11 heavy (non-hydrogen) atoms. The first-order chi connectivity index (χ1) is 5.18. The lowest BCUT2D eigenvalue weighted by Gasteiger charge is -2.01. The van der Waals surface area contributed by atoms with E-state index in [1.165, 1.54) is 0 Å². The van der Waals surface area contributed by atoms with Gasteiger partial charge in [-0.15, -0.1) is 12.6 Å². The summed E-state index contributed by atoms with van der Waals surface area (Å²) in [6, 6.07) is 6.68. The zero-order valence-electron chi connectivity index (χ0n) is 5.61. The Morgan fingerprint density at radius 1 is 1.55 bits per heavy atom. The van der Waals surface area contributed by atoms with Gasteiger partial charge >= 0.3 is 0 Å². The van der Waals surface area contributed by atoms with E-state index >= 15 is 0 Å². The van der Waals surface area contributed by atoms with Gasteiger partial charge in [-0.05, 0) is 12.1 Å². The molecule has 0 aliphatic heterocycles. The second kappa shape index (κ2) is 3.59. The lowest BCUT2D eigenvalue weighted by molar-refractivity contribution is 0.475. The van der Waals surface area contributed by atoms with Crippen molar-refractivity contribution in [2.75, 3.05) is 5.32 Å². The molecule has 0 saturated heterocycles. The van der Waals surface area contributed by atoms with Crippen LogP contribution in [0.2, 0.25) is 0 Å². The van der Waals surface area contributed by atoms with E-state index in [4.69, 9.17) is 17.3 Å². The predicted octanol–water partition coefficient (Wildman–Crippen LogP) is 2.02. The number of thiocarbonyl (C=S) groups is 1. The minimum absolute atomic E-state index is 0.208. The lowest BCUT2D eigenvalue weighted by Crippen LogP contribution is -1.99. The van der Waals surface area contributed by atoms with E-state index in [0.29, 0.717) is 4.32 Å². The third kappa shape index (κ3) is 2.78. The van der Waals surface area contributed by atoms with Gasteiger partial charge in [0.2, 0.25) is 0 Å². The smallest absolute Gasteiger partial charge is 0.135 e. The zero-order chi connectivity index (χ0) is 8.27. The van der Waals surface area contributed by atoms with Crippen molar-refractivity contribution in [2.24, 2.45) is 0 Å². The normalized spacial score (nSPS) is 9.18. The van der Waals surface area contributed by atoms with Crippen molar-refractivity contribution in [2.45, 2.75) is 0 Å². The van der Waals surface area contributed by atoms with Gasteiger partial charge in [-0.25, -0.2) is 0 Å². The number of hydrogen-bond donors (Lipinski definition) is 3. The number of benzene rings is 1. The molecule has 0 aromatic heterocycles. The van der Waals surface area contributed by atoms with E-state index < -0.39 is 0 Å². The molecule has 0 atom stereocenters. The SMILES string of the molecule is Oc1cccc(NC(=S)S)c1. The van der Waals surface area contributed by atoms with Gasteiger partial charge in [-0.3, -0.25) is 0 Å². The monoisotopic (exact) mass is 185 g/mol. The van der Waals surface area contributed by atoms with Gasteiger partial charge in [0.15, 0.2) is 0 Å². The highest BCUT2D eigenvalue weighted by atomic mass is 32.1. The van der Waals surface area contributed by atoms with E-state index in [9.17, 15) is 0 Å². The molecule has 1 rings (SSSR count). The number of phenolic OH excluding ortho intramolecular Hbond substituents is 1. The van der Waals surface area contributed by atoms with Crippen LogP contribution in [0.5, 0.6) is 5.75 Å². The average molecular weight is 185 g/mol. The lowest BCUT2D eigenvalue weighted by atomic mass is 10.3. The Labute approximate surface area is 75.7 Å². The zero-order valence-corrected chi connectivity index (χ0v) is 7.32. The molecule has 1 aromatic rings. The highest BCUT2D eigenvalue weighted by molar-refractivity contribution is 8.11. The molecule has 0 unspecified atom stereocenters. The van der Waals surface area contributed by atoms with Gasteiger partial charge in [-0.2, -0.15) is 0 Å². The van der Waals surface area contributed by atoms with Gasteiger partial charge in [0.05, 0.1) is 0 Å². The Morgan fingerprint density at radius 2 is 2.27 bits per heavy atom. The Hall–Kier alpha value is -0.740. The summed E-state index contributed by atoms with van der Waals surface area (Å²) in [6.07, 6.45) is 0. The van der Waals surface area contributed by atoms with Gasteiger partial charge in [0.25, 0.3) is 0 Å². The molecule has 2 nitrogen and oxygen atoms in total. The molecule has 0 fully saturated rings. The minimum Gasteiger partial charge on any atom is -0.508 e. The second-order valence-corrected chi connectivity index (χ2v) is 3.14. The summed E-state index contributed by atoms with van der Waals surface area (Å²) in [7, 11) is 0. The van der Waals surface area contributed by atoms with Crippen LogP contribution in [0.15, 0.2) is 24.3 Å². The molecule has 0 heterocycles. The molecule has 0 bridgehead atoms. The fraction of sp³-hybridized carbons (Fsp3) is 0. The Bertz CT molecular complexity index is 275. The van der Waals surface area contributed by atoms with Crippen LogP contribution >= 0.6 is 24.8 Å². The number of hydrogen-bond acceptors (Lipinski definition) is 2. The first kappa shape index (κ1) is 8.36. The van der Waals surface area contributed by atoms with E-state index in [1.807, 2.05) is 0 Å². The molecule has 2 N–H and O–H groups in total. The van der Waals surface area contributed by atoms with Crippen molar-refractivity contribution in [3.63, 3.8) is 0 Å². The van der Waals surface area contributed by atoms with Crippen LogP contribution in [0.1, 0.15) is 0 Å². The number of nitrogens with one attached hydrogen (secondary N) is 1. The Morgan fingerprint density at radius 3 is 2.82 bits per heavy atom. The molecule has 0 radical (unpaired) electrons. The van der Waals surface area contributed by atoms with Gasteiger partial charge in [0.1, 0.15) is 10.1 Å². The molecule has 1 aromatic carbocycles. The van der Waals surface area contributed by atoms with Gasteiger partial charge in [0, 0.05) is 11.8 Å². The van der Waals surface area contributed by atoms with Gasteiger partial charge < -0.3 is 10.4 Å². The third-order valence-electron chi connectivity index (χ3n) is 1.10. The number of rotatable bonds is 1. The maximum Gasteiger partial charge on any atom is 0.135 e. The quantitative estimate of drug-likeness (QED) is 0.462. The van der Waals surface area contributed by atoms with E-state index in [2.05, 4.69) is 17.9 Å². The summed E-state index contributed by atoms with van der Waals surface area (Å²) in [6.45, 7) is 0. The van der Waals surface area contributed by atoms with Crippen LogP contribution in [0.3, 0.4) is 0 Å². The first-order valence-electron chi connectivity index (χ1n) is 2.97. The molecule has 0 saturated carbocycles. The summed E-state index contributed by atoms with van der Waals surface area (Å²) in [5.74, 6) is 0.208. The van der Waals surface area contributed by atoms with Crippen LogP contribution in [0.25, 0.3) is 0 Å². The Balaban J connectivity index is 2.79. The maximum absolute atomic E-state index is 9.02. The third-order valence-corrected chi connectivity index (χ3v) is 1.31. The fourth-order valence-corrected chi connectivity index (χ4v) is 0.954. The summed E-state index contributed by atoms with van der Waals surface area (Å²) in [5.41, 5.74) is 0.741. The van der Waals surface area contributed by atoms with Crippen molar-refractivity contribution in [1.82, 2.24) is 0 Å². The predicted molar refractivity (Wildman–Crippen MR) is 53.3 cm³/mol. The molecule has 0 aliphatic rings. The second-order valence-electron chi connectivity index (χ2n) is 1.98. The fourth-order valence-electron chi connectivity index (χ4n) is 0.707. The van der Waals surface area contributed by atoms with Gasteiger partial charge in [-0.1, -0.05) is 18.3 Å². The van der Waals surface area contributed by atoms with E-state index in [1.54, 1.807) is 24.3 Å². The van der Waals surface area contributed by atoms with Crippen molar-refractivity contribution in [1.29, 1.82) is 0 Å². The largest absolute Gasteiger partial charge is 0.508 e. The number of anilines is 1. The molecule has 0 amide bonds. The average Bonchev–Trinajstić information content (AvgIpc) is 1.85. The number of phenols is 1. The van der Waals surface area contributed by atoms with Crippen LogP contribution < -0.4 is 5.32 Å². The van der Waals surface area contributed by atoms with Crippen molar-refractivity contribution >= 4 is 34.9 Å². The van der Waals surface area contributed by atoms with Crippen molar-refractivity contribution < 1.29 is 5.11 Å². The van der Waals surface area contributed by atoms with Crippen LogP contribution in [0, 0.1) is 0 Å². The molecule has 0 aliphatic carbocycles. The molecule has 0 spiro atoms. The number of aromatic hydroxyl groups is 1. The Kier molecular flexibility index (Phi) is 2.73. The molecular formula is C7H7NOS2. The minimum atomic E-state index is 0.208. The topological polar surface area (TPSA) is 32.3 Å². The number of thiol groups is 1. The highest BCUT2D eigenvalue weighted by Crippen LogP contribution is 2.15. The molecule has 58 valence electrons. The maximum atomic E-state index is 9.02. The van der Waals surface area contributed by atoms with Crippen molar-refractivity contribution in [3.8, 4) is 5.75 Å². The van der Waals surface area contributed by atoms with E-state index in [-0.39, 0.29) is 5.75 Å². The summed E-state index contributed by atoms with van der Waals surface area (Å²) in [4.78, 5) is 0. The first-order valence-corrected chi connectivity index (χ1v) is 3.83. The van der Waals surface area contributed by atoms with Crippen LogP contribution in [-0.4, -0.2) is 9.43 Å². The standard InChI is InChI=1S/C7H7NOS2/c9-6-3-1-2-5(4-6)8-7(10)11/h1-4,9H,(H2,8,10,11). The molecular weight excluding hydrogens is 178 g/mol. The van der Waals surface area contributed by atoms with E-state index in [0.717, 1.165) is 5.69 Å². The van der Waals surface area contributed by atoms with Crippen LogP contribution in [-0.2, 0) is 0 Å². The highest BCUT2D eigenvalue weighted by Gasteiger charge is 1.92. The summed E-state index contributed by atoms with van der Waals surface area (Å²) >= 11 is 8.57. The van der Waals surface area contributed by atoms with Crippen LogP contribution in [0.4, 0.5) is 5.69 Å². The molecule has 4 heteroatoms.